The minimum atomic E-state index is 0.0159. The molecule has 0 saturated carbocycles. The van der Waals surface area contributed by atoms with Gasteiger partial charge in [-0.2, -0.15) is 0 Å². The second kappa shape index (κ2) is 4.53. The van der Waals surface area contributed by atoms with E-state index in [0.717, 1.165) is 20.9 Å². The summed E-state index contributed by atoms with van der Waals surface area (Å²) in [4.78, 5) is 5.56. The molecule has 0 aromatic carbocycles. The van der Waals surface area contributed by atoms with Crippen molar-refractivity contribution in [2.24, 2.45) is 5.73 Å². The van der Waals surface area contributed by atoms with Crippen molar-refractivity contribution in [1.29, 1.82) is 0 Å². The fraction of sp³-hybridized carbons (Fsp3) is 0.182. The highest BCUT2D eigenvalue weighted by Crippen LogP contribution is 2.26. The van der Waals surface area contributed by atoms with E-state index in [0.29, 0.717) is 0 Å². The summed E-state index contributed by atoms with van der Waals surface area (Å²) < 4.78 is 3.16. The summed E-state index contributed by atoms with van der Waals surface area (Å²) in [6, 6.07) is 2.09. The number of hydrogen-bond acceptors (Lipinski definition) is 4. The van der Waals surface area contributed by atoms with Gasteiger partial charge in [-0.05, 0) is 32.9 Å². The summed E-state index contributed by atoms with van der Waals surface area (Å²) >= 11 is 6.76. The molecule has 3 aromatic rings. The predicted octanol–water partition coefficient (Wildman–Crippen LogP) is 3.46. The molecular weight excluding hydrogens is 318 g/mol. The van der Waals surface area contributed by atoms with Gasteiger partial charge in [0.25, 0.3) is 0 Å². The Morgan fingerprint density at radius 3 is 3.06 bits per heavy atom. The zero-order chi connectivity index (χ0) is 11.8. The first-order chi connectivity index (χ1) is 8.22. The van der Waals surface area contributed by atoms with Crippen LogP contribution < -0.4 is 5.73 Å². The van der Waals surface area contributed by atoms with Crippen LogP contribution in [0.4, 0.5) is 0 Å². The molecule has 3 nitrogen and oxygen atoms in total. The minimum Gasteiger partial charge on any atom is -0.324 e. The molecule has 0 amide bonds. The number of rotatable bonds is 3. The number of hydrogen-bond donors (Lipinski definition) is 1. The number of nitrogens with two attached hydrogens (primary N) is 1. The van der Waals surface area contributed by atoms with E-state index < -0.39 is 0 Å². The van der Waals surface area contributed by atoms with Gasteiger partial charge >= 0.3 is 0 Å². The Bertz CT molecular complexity index is 611. The third-order valence-electron chi connectivity index (χ3n) is 2.59. The Morgan fingerprint density at radius 1 is 1.47 bits per heavy atom. The number of fused-ring (bicyclic) bond motifs is 1. The maximum absolute atomic E-state index is 6.17. The number of imidazole rings is 1. The van der Waals surface area contributed by atoms with Crippen molar-refractivity contribution in [3.63, 3.8) is 0 Å². The average Bonchev–Trinajstić information content (AvgIpc) is 2.92. The van der Waals surface area contributed by atoms with Gasteiger partial charge in [-0.15, -0.1) is 22.7 Å². The summed E-state index contributed by atoms with van der Waals surface area (Å²) in [7, 11) is 0. The number of halogens is 1. The molecule has 3 rings (SSSR count). The SMILES string of the molecule is NC(Cc1cn2ccsc2n1)c1csc(Br)c1. The topological polar surface area (TPSA) is 43.3 Å². The lowest BCUT2D eigenvalue weighted by Gasteiger charge is -2.06. The van der Waals surface area contributed by atoms with Gasteiger partial charge < -0.3 is 5.73 Å². The van der Waals surface area contributed by atoms with E-state index in [9.17, 15) is 0 Å². The Hall–Kier alpha value is -0.690. The molecule has 2 N–H and O–H groups in total. The van der Waals surface area contributed by atoms with Gasteiger partial charge in [0, 0.05) is 30.2 Å². The van der Waals surface area contributed by atoms with Crippen LogP contribution in [0, 0.1) is 0 Å². The first-order valence-corrected chi connectivity index (χ1v) is 7.68. The van der Waals surface area contributed by atoms with E-state index in [4.69, 9.17) is 5.73 Å². The lowest BCUT2D eigenvalue weighted by Crippen LogP contribution is -2.12. The molecule has 6 heteroatoms. The van der Waals surface area contributed by atoms with Crippen molar-refractivity contribution in [1.82, 2.24) is 9.38 Å². The lowest BCUT2D eigenvalue weighted by atomic mass is 10.1. The highest BCUT2D eigenvalue weighted by Gasteiger charge is 2.11. The van der Waals surface area contributed by atoms with Crippen molar-refractivity contribution in [3.05, 3.63) is 44.3 Å². The fourth-order valence-corrected chi connectivity index (χ4v) is 3.69. The van der Waals surface area contributed by atoms with Gasteiger partial charge in [0.1, 0.15) is 0 Å². The second-order valence-electron chi connectivity index (χ2n) is 3.82. The molecule has 17 heavy (non-hydrogen) atoms. The number of nitrogens with zero attached hydrogens (tertiary/aromatic N) is 2. The van der Waals surface area contributed by atoms with Crippen molar-refractivity contribution >= 4 is 43.6 Å². The molecule has 0 aliphatic carbocycles. The van der Waals surface area contributed by atoms with Gasteiger partial charge in [0.15, 0.2) is 4.96 Å². The highest BCUT2D eigenvalue weighted by atomic mass is 79.9. The molecule has 0 radical (unpaired) electrons. The zero-order valence-corrected chi connectivity index (χ0v) is 12.1. The Balaban J connectivity index is 1.80. The van der Waals surface area contributed by atoms with Crippen LogP contribution in [0.2, 0.25) is 0 Å². The molecular formula is C11H10BrN3S2. The van der Waals surface area contributed by atoms with Crippen LogP contribution in [0.15, 0.2) is 33.0 Å². The summed E-state index contributed by atoms with van der Waals surface area (Å²) in [5, 5.41) is 4.12. The maximum Gasteiger partial charge on any atom is 0.193 e. The quantitative estimate of drug-likeness (QED) is 0.800. The first kappa shape index (κ1) is 11.4. The normalized spacial score (nSPS) is 13.3. The summed E-state index contributed by atoms with van der Waals surface area (Å²) in [5.41, 5.74) is 8.38. The van der Waals surface area contributed by atoms with Gasteiger partial charge in [0.2, 0.25) is 0 Å². The van der Waals surface area contributed by atoms with Crippen molar-refractivity contribution in [2.45, 2.75) is 12.5 Å². The van der Waals surface area contributed by atoms with Crippen LogP contribution >= 0.6 is 38.6 Å². The van der Waals surface area contributed by atoms with Crippen LogP contribution in [0.3, 0.4) is 0 Å². The second-order valence-corrected chi connectivity index (χ2v) is 6.98. The number of thiophene rings is 1. The Kier molecular flexibility index (Phi) is 3.04. The van der Waals surface area contributed by atoms with Crippen molar-refractivity contribution in [2.75, 3.05) is 0 Å². The minimum absolute atomic E-state index is 0.0159. The van der Waals surface area contributed by atoms with E-state index in [1.807, 2.05) is 22.2 Å². The van der Waals surface area contributed by atoms with E-state index in [-0.39, 0.29) is 6.04 Å². The molecule has 0 spiro atoms. The molecule has 0 saturated heterocycles. The van der Waals surface area contributed by atoms with Gasteiger partial charge in [-0.1, -0.05) is 0 Å². The van der Waals surface area contributed by atoms with Crippen LogP contribution in [-0.4, -0.2) is 9.38 Å². The van der Waals surface area contributed by atoms with E-state index in [1.165, 1.54) is 5.56 Å². The molecule has 3 aromatic heterocycles. The van der Waals surface area contributed by atoms with E-state index in [1.54, 1.807) is 22.7 Å². The summed E-state index contributed by atoms with van der Waals surface area (Å²) in [6.45, 7) is 0. The molecule has 0 aliphatic heterocycles. The third-order valence-corrected chi connectivity index (χ3v) is 4.88. The molecule has 1 unspecified atom stereocenters. The van der Waals surface area contributed by atoms with Crippen LogP contribution in [0.1, 0.15) is 17.3 Å². The smallest absolute Gasteiger partial charge is 0.193 e. The fourth-order valence-electron chi connectivity index (χ4n) is 1.74. The molecule has 88 valence electrons. The van der Waals surface area contributed by atoms with Crippen molar-refractivity contribution in [3.8, 4) is 0 Å². The molecule has 0 aliphatic rings. The third kappa shape index (κ3) is 2.30. The monoisotopic (exact) mass is 327 g/mol. The molecule has 3 heterocycles. The largest absolute Gasteiger partial charge is 0.324 e. The zero-order valence-electron chi connectivity index (χ0n) is 8.84. The number of thiazole rings is 1. The van der Waals surface area contributed by atoms with E-state index >= 15 is 0 Å². The molecule has 1 atom stereocenters. The lowest BCUT2D eigenvalue weighted by molar-refractivity contribution is 0.713. The van der Waals surface area contributed by atoms with Crippen LogP contribution in [0.25, 0.3) is 4.96 Å². The van der Waals surface area contributed by atoms with E-state index in [2.05, 4.69) is 32.4 Å². The van der Waals surface area contributed by atoms with Crippen LogP contribution in [-0.2, 0) is 6.42 Å². The number of aromatic nitrogens is 2. The molecule has 0 bridgehead atoms. The summed E-state index contributed by atoms with van der Waals surface area (Å²) in [5.74, 6) is 0. The predicted molar refractivity (Wildman–Crippen MR) is 75.7 cm³/mol. The van der Waals surface area contributed by atoms with Crippen LogP contribution in [0.5, 0.6) is 0 Å². The Labute approximate surface area is 115 Å². The Morgan fingerprint density at radius 2 is 2.35 bits per heavy atom. The van der Waals surface area contributed by atoms with Gasteiger partial charge in [-0.3, -0.25) is 4.40 Å². The van der Waals surface area contributed by atoms with Gasteiger partial charge in [0.05, 0.1) is 9.48 Å². The standard InChI is InChI=1S/C11H10BrN3S2/c12-10-3-7(6-17-10)9(13)4-8-5-15-1-2-16-11(15)14-8/h1-3,5-6,9H,4,13H2. The average molecular weight is 328 g/mol. The van der Waals surface area contributed by atoms with Crippen molar-refractivity contribution < 1.29 is 0 Å². The maximum atomic E-state index is 6.17. The highest BCUT2D eigenvalue weighted by molar-refractivity contribution is 9.11. The molecule has 0 fully saturated rings. The summed E-state index contributed by atoms with van der Waals surface area (Å²) in [6.07, 6.45) is 4.84. The van der Waals surface area contributed by atoms with Gasteiger partial charge in [-0.25, -0.2) is 4.98 Å². The first-order valence-electron chi connectivity index (χ1n) is 5.13.